The number of carbonyl (C=O) groups is 2. The second kappa shape index (κ2) is 4.23. The van der Waals surface area contributed by atoms with Gasteiger partial charge >= 0.3 is 0 Å². The van der Waals surface area contributed by atoms with Gasteiger partial charge in [0, 0.05) is 23.2 Å². The van der Waals surface area contributed by atoms with Crippen LogP contribution in [0, 0.1) is 5.41 Å². The van der Waals surface area contributed by atoms with E-state index in [1.165, 1.54) is 0 Å². The van der Waals surface area contributed by atoms with Crippen LogP contribution in [0.3, 0.4) is 0 Å². The van der Waals surface area contributed by atoms with Crippen LogP contribution in [0.5, 0.6) is 0 Å². The van der Waals surface area contributed by atoms with E-state index < -0.39 is 0 Å². The van der Waals surface area contributed by atoms with Crippen LogP contribution in [-0.4, -0.2) is 18.2 Å². The Bertz CT molecular complexity index is 512. The van der Waals surface area contributed by atoms with Gasteiger partial charge in [-0.3, -0.25) is 9.59 Å². The number of hydrogen-bond donors (Lipinski definition) is 0. The van der Waals surface area contributed by atoms with Gasteiger partial charge < -0.3 is 4.90 Å². The van der Waals surface area contributed by atoms with Crippen LogP contribution in [0.1, 0.15) is 43.6 Å². The van der Waals surface area contributed by atoms with Gasteiger partial charge in [0.2, 0.25) is 5.91 Å². The van der Waals surface area contributed by atoms with Crippen molar-refractivity contribution in [2.75, 3.05) is 11.4 Å². The molecule has 2 rings (SSSR count). The highest BCUT2D eigenvalue weighted by molar-refractivity contribution is 6.00. The number of Topliss-reactive ketones (excluding diaryl/α,β-unsaturated/α-hetero) is 1. The third-order valence-electron chi connectivity index (χ3n) is 3.27. The number of anilines is 1. The zero-order chi connectivity index (χ0) is 13.5. The van der Waals surface area contributed by atoms with E-state index >= 15 is 0 Å². The van der Waals surface area contributed by atoms with Gasteiger partial charge in [0.1, 0.15) is 0 Å². The topological polar surface area (TPSA) is 37.4 Å². The molecule has 0 unspecified atom stereocenters. The van der Waals surface area contributed by atoms with E-state index in [2.05, 4.69) is 0 Å². The maximum absolute atomic E-state index is 12.3. The van der Waals surface area contributed by atoms with Gasteiger partial charge in [-0.1, -0.05) is 20.8 Å². The van der Waals surface area contributed by atoms with Crippen LogP contribution >= 0.6 is 0 Å². The highest BCUT2D eigenvalue weighted by atomic mass is 16.2. The summed E-state index contributed by atoms with van der Waals surface area (Å²) >= 11 is 0. The van der Waals surface area contributed by atoms with E-state index in [0.717, 1.165) is 23.2 Å². The normalized spacial score (nSPS) is 14.6. The summed E-state index contributed by atoms with van der Waals surface area (Å²) in [5, 5.41) is 0. The van der Waals surface area contributed by atoms with Crippen molar-refractivity contribution in [2.24, 2.45) is 5.41 Å². The Morgan fingerprint density at radius 1 is 1.22 bits per heavy atom. The fourth-order valence-electron chi connectivity index (χ4n) is 2.24. The Morgan fingerprint density at radius 3 is 2.44 bits per heavy atom. The van der Waals surface area contributed by atoms with Crippen molar-refractivity contribution in [3.8, 4) is 0 Å². The molecule has 1 amide bonds. The minimum atomic E-state index is -0.374. The smallest absolute Gasteiger partial charge is 0.232 e. The lowest BCUT2D eigenvalue weighted by Gasteiger charge is -2.26. The molecule has 0 saturated heterocycles. The summed E-state index contributed by atoms with van der Waals surface area (Å²) in [5.41, 5.74) is 2.40. The first kappa shape index (κ1) is 12.8. The Hall–Kier alpha value is -1.64. The fourth-order valence-corrected chi connectivity index (χ4v) is 2.24. The first-order valence-electron chi connectivity index (χ1n) is 6.26. The molecule has 0 fully saturated rings. The van der Waals surface area contributed by atoms with E-state index in [1.54, 1.807) is 13.0 Å². The molecular formula is C15H19NO2. The molecule has 1 aromatic carbocycles. The SMILES string of the molecule is CC(=O)c1ccc2c(c1)CCN2C(=O)C(C)(C)C. The molecule has 0 aromatic heterocycles. The molecule has 0 bridgehead atoms. The molecule has 3 nitrogen and oxygen atoms in total. The van der Waals surface area contributed by atoms with E-state index in [4.69, 9.17) is 0 Å². The van der Waals surface area contributed by atoms with Gasteiger partial charge in [-0.15, -0.1) is 0 Å². The van der Waals surface area contributed by atoms with Crippen LogP contribution in [-0.2, 0) is 11.2 Å². The zero-order valence-corrected chi connectivity index (χ0v) is 11.4. The number of amides is 1. The van der Waals surface area contributed by atoms with Crippen LogP contribution < -0.4 is 4.90 Å². The highest BCUT2D eigenvalue weighted by Gasteiger charge is 2.32. The summed E-state index contributed by atoms with van der Waals surface area (Å²) < 4.78 is 0. The number of benzene rings is 1. The summed E-state index contributed by atoms with van der Waals surface area (Å²) in [5.74, 6) is 0.204. The molecule has 0 atom stereocenters. The Morgan fingerprint density at radius 2 is 1.89 bits per heavy atom. The molecule has 1 aromatic rings. The van der Waals surface area contributed by atoms with Crippen molar-refractivity contribution in [3.05, 3.63) is 29.3 Å². The quantitative estimate of drug-likeness (QED) is 0.713. The van der Waals surface area contributed by atoms with Gasteiger partial charge in [-0.25, -0.2) is 0 Å². The van der Waals surface area contributed by atoms with Crippen LogP contribution in [0.4, 0.5) is 5.69 Å². The monoisotopic (exact) mass is 245 g/mol. The third kappa shape index (κ3) is 2.17. The van der Waals surface area contributed by atoms with E-state index in [1.807, 2.05) is 37.8 Å². The summed E-state index contributed by atoms with van der Waals surface area (Å²) in [6, 6.07) is 5.60. The molecule has 0 saturated carbocycles. The molecule has 0 spiro atoms. The van der Waals surface area contributed by atoms with Crippen molar-refractivity contribution in [3.63, 3.8) is 0 Å². The van der Waals surface area contributed by atoms with E-state index in [-0.39, 0.29) is 17.1 Å². The number of hydrogen-bond acceptors (Lipinski definition) is 2. The number of nitrogens with zero attached hydrogens (tertiary/aromatic N) is 1. The van der Waals surface area contributed by atoms with E-state index in [0.29, 0.717) is 6.54 Å². The molecule has 3 heteroatoms. The predicted octanol–water partition coefficient (Wildman–Crippen LogP) is 2.82. The summed E-state index contributed by atoms with van der Waals surface area (Å²) in [6.07, 6.45) is 0.832. The molecule has 0 aliphatic carbocycles. The van der Waals surface area contributed by atoms with Gasteiger partial charge in [-0.2, -0.15) is 0 Å². The van der Waals surface area contributed by atoms with Gasteiger partial charge in [0.05, 0.1) is 0 Å². The maximum Gasteiger partial charge on any atom is 0.232 e. The Balaban J connectivity index is 2.35. The van der Waals surface area contributed by atoms with Gasteiger partial charge in [0.15, 0.2) is 5.78 Å². The van der Waals surface area contributed by atoms with Crippen molar-refractivity contribution >= 4 is 17.4 Å². The minimum absolute atomic E-state index is 0.0680. The molecule has 1 aliphatic rings. The van der Waals surface area contributed by atoms with Crippen LogP contribution in [0.2, 0.25) is 0 Å². The Kier molecular flexibility index (Phi) is 3.01. The standard InChI is InChI=1S/C15H19NO2/c1-10(17)11-5-6-13-12(9-11)7-8-16(13)14(18)15(2,3)4/h5-6,9H,7-8H2,1-4H3. The minimum Gasteiger partial charge on any atom is -0.311 e. The van der Waals surface area contributed by atoms with Crippen LogP contribution in [0.25, 0.3) is 0 Å². The average molecular weight is 245 g/mol. The molecule has 96 valence electrons. The molecule has 0 N–H and O–H groups in total. The molecule has 1 heterocycles. The van der Waals surface area contributed by atoms with Crippen molar-refractivity contribution < 1.29 is 9.59 Å². The zero-order valence-electron chi connectivity index (χ0n) is 11.4. The number of fused-ring (bicyclic) bond motifs is 1. The number of ketones is 1. The maximum atomic E-state index is 12.3. The lowest BCUT2D eigenvalue weighted by molar-refractivity contribution is -0.125. The second-order valence-electron chi connectivity index (χ2n) is 5.86. The summed E-state index contributed by atoms with van der Waals surface area (Å²) in [6.45, 7) is 8.06. The fraction of sp³-hybridized carbons (Fsp3) is 0.467. The van der Waals surface area contributed by atoms with Crippen LogP contribution in [0.15, 0.2) is 18.2 Å². The van der Waals surface area contributed by atoms with Gasteiger partial charge in [-0.05, 0) is 37.1 Å². The van der Waals surface area contributed by atoms with Crippen molar-refractivity contribution in [2.45, 2.75) is 34.1 Å². The largest absolute Gasteiger partial charge is 0.311 e. The molecule has 0 radical (unpaired) electrons. The van der Waals surface area contributed by atoms with Crippen molar-refractivity contribution in [1.82, 2.24) is 0 Å². The lowest BCUT2D eigenvalue weighted by Crippen LogP contribution is -2.38. The average Bonchev–Trinajstić information content (AvgIpc) is 2.68. The highest BCUT2D eigenvalue weighted by Crippen LogP contribution is 2.32. The Labute approximate surface area is 108 Å². The first-order chi connectivity index (χ1) is 8.30. The molecule has 18 heavy (non-hydrogen) atoms. The summed E-state index contributed by atoms with van der Waals surface area (Å²) in [4.78, 5) is 25.5. The number of carbonyl (C=O) groups excluding carboxylic acids is 2. The lowest BCUT2D eigenvalue weighted by atomic mass is 9.94. The van der Waals surface area contributed by atoms with E-state index in [9.17, 15) is 9.59 Å². The summed E-state index contributed by atoms with van der Waals surface area (Å²) in [7, 11) is 0. The van der Waals surface area contributed by atoms with Crippen molar-refractivity contribution in [1.29, 1.82) is 0 Å². The number of rotatable bonds is 1. The second-order valence-corrected chi connectivity index (χ2v) is 5.86. The third-order valence-corrected chi connectivity index (χ3v) is 3.27. The molecular weight excluding hydrogens is 226 g/mol. The van der Waals surface area contributed by atoms with Gasteiger partial charge in [0.25, 0.3) is 0 Å². The molecule has 1 aliphatic heterocycles. The first-order valence-corrected chi connectivity index (χ1v) is 6.26. The predicted molar refractivity (Wildman–Crippen MR) is 72.0 cm³/mol.